The Kier molecular flexibility index (Phi) is 4.54. The zero-order valence-corrected chi connectivity index (χ0v) is 13.8. The van der Waals surface area contributed by atoms with Crippen molar-refractivity contribution in [1.82, 2.24) is 29.9 Å². The Morgan fingerprint density at radius 3 is 2.87 bits per heavy atom. The molecule has 0 amide bonds. The minimum absolute atomic E-state index is 0. The van der Waals surface area contributed by atoms with Crippen molar-refractivity contribution in [2.24, 2.45) is 0 Å². The summed E-state index contributed by atoms with van der Waals surface area (Å²) in [6.45, 7) is 4.12. The first-order valence-corrected chi connectivity index (χ1v) is 7.66. The van der Waals surface area contributed by atoms with Gasteiger partial charge >= 0.3 is 0 Å². The first-order valence-electron chi connectivity index (χ1n) is 7.66. The number of nitrogens with one attached hydrogen (secondary N) is 1. The number of aryl methyl sites for hydroxylation is 1. The molecule has 1 saturated heterocycles. The Bertz CT molecular complexity index is 795. The SMILES string of the molecule is Cc1nn2c(C3CCCNC3)ccnc2c1-c1ccncn1.Cl. The van der Waals surface area contributed by atoms with Gasteiger partial charge in [-0.15, -0.1) is 12.4 Å². The predicted molar refractivity (Wildman–Crippen MR) is 90.8 cm³/mol. The molecule has 1 fully saturated rings. The average Bonchev–Trinajstić information content (AvgIpc) is 2.92. The van der Waals surface area contributed by atoms with Gasteiger partial charge in [-0.1, -0.05) is 0 Å². The van der Waals surface area contributed by atoms with Gasteiger partial charge in [-0.2, -0.15) is 5.10 Å². The van der Waals surface area contributed by atoms with Crippen LogP contribution < -0.4 is 5.32 Å². The highest BCUT2D eigenvalue weighted by atomic mass is 35.5. The smallest absolute Gasteiger partial charge is 0.164 e. The van der Waals surface area contributed by atoms with E-state index in [0.717, 1.165) is 35.7 Å². The Morgan fingerprint density at radius 1 is 1.22 bits per heavy atom. The molecule has 1 N–H and O–H groups in total. The molecule has 23 heavy (non-hydrogen) atoms. The average molecular weight is 331 g/mol. The molecule has 0 aliphatic carbocycles. The quantitative estimate of drug-likeness (QED) is 0.781. The van der Waals surface area contributed by atoms with E-state index < -0.39 is 0 Å². The molecule has 7 heteroatoms. The van der Waals surface area contributed by atoms with Crippen LogP contribution in [0.5, 0.6) is 0 Å². The number of nitrogens with zero attached hydrogens (tertiary/aromatic N) is 5. The fourth-order valence-electron chi connectivity index (χ4n) is 3.22. The third-order valence-electron chi connectivity index (χ3n) is 4.28. The molecule has 1 atom stereocenters. The van der Waals surface area contributed by atoms with E-state index in [4.69, 9.17) is 5.10 Å². The zero-order valence-electron chi connectivity index (χ0n) is 12.9. The molecule has 6 nitrogen and oxygen atoms in total. The number of rotatable bonds is 2. The van der Waals surface area contributed by atoms with E-state index in [2.05, 4.69) is 26.3 Å². The number of hydrogen-bond acceptors (Lipinski definition) is 5. The Hall–Kier alpha value is -2.05. The Labute approximate surface area is 140 Å². The van der Waals surface area contributed by atoms with Gasteiger partial charge in [-0.05, 0) is 38.4 Å². The van der Waals surface area contributed by atoms with Gasteiger partial charge in [-0.25, -0.2) is 19.5 Å². The molecule has 1 unspecified atom stereocenters. The van der Waals surface area contributed by atoms with E-state index in [1.807, 2.05) is 23.7 Å². The second-order valence-corrected chi connectivity index (χ2v) is 5.70. The maximum Gasteiger partial charge on any atom is 0.164 e. The van der Waals surface area contributed by atoms with E-state index in [1.165, 1.54) is 18.5 Å². The van der Waals surface area contributed by atoms with Gasteiger partial charge in [-0.3, -0.25) is 0 Å². The van der Waals surface area contributed by atoms with Crippen molar-refractivity contribution in [3.63, 3.8) is 0 Å². The molecule has 0 bridgehead atoms. The van der Waals surface area contributed by atoms with E-state index in [-0.39, 0.29) is 12.4 Å². The molecule has 0 aromatic carbocycles. The number of hydrogen-bond donors (Lipinski definition) is 1. The lowest BCUT2D eigenvalue weighted by Gasteiger charge is -2.23. The van der Waals surface area contributed by atoms with Crippen LogP contribution in [0.3, 0.4) is 0 Å². The Morgan fingerprint density at radius 2 is 2.13 bits per heavy atom. The van der Waals surface area contributed by atoms with Gasteiger partial charge in [0.05, 0.1) is 22.6 Å². The fourth-order valence-corrected chi connectivity index (χ4v) is 3.22. The van der Waals surface area contributed by atoms with Crippen molar-refractivity contribution < 1.29 is 0 Å². The standard InChI is InChI=1S/C16H18N6.ClH/c1-11-15(13-4-7-18-10-20-13)16-19-8-5-14(22(16)21-11)12-3-2-6-17-9-12;/h4-5,7-8,10,12,17H,2-3,6,9H2,1H3;1H. The van der Waals surface area contributed by atoms with Crippen molar-refractivity contribution in [1.29, 1.82) is 0 Å². The van der Waals surface area contributed by atoms with Crippen molar-refractivity contribution in [2.75, 3.05) is 13.1 Å². The molecule has 3 aromatic heterocycles. The van der Waals surface area contributed by atoms with Crippen LogP contribution in [0.25, 0.3) is 16.9 Å². The summed E-state index contributed by atoms with van der Waals surface area (Å²) in [5.41, 5.74) is 4.91. The van der Waals surface area contributed by atoms with E-state index in [1.54, 1.807) is 12.5 Å². The van der Waals surface area contributed by atoms with Gasteiger partial charge in [0.15, 0.2) is 5.65 Å². The van der Waals surface area contributed by atoms with Crippen LogP contribution in [0.2, 0.25) is 0 Å². The molecular weight excluding hydrogens is 312 g/mol. The van der Waals surface area contributed by atoms with Gasteiger partial charge in [0.25, 0.3) is 0 Å². The van der Waals surface area contributed by atoms with Crippen LogP contribution in [-0.2, 0) is 0 Å². The highest BCUT2D eigenvalue weighted by molar-refractivity contribution is 5.85. The lowest BCUT2D eigenvalue weighted by atomic mass is 9.96. The minimum Gasteiger partial charge on any atom is -0.316 e. The van der Waals surface area contributed by atoms with E-state index in [9.17, 15) is 0 Å². The molecule has 120 valence electrons. The van der Waals surface area contributed by atoms with Crippen LogP contribution >= 0.6 is 12.4 Å². The van der Waals surface area contributed by atoms with Crippen LogP contribution in [0.1, 0.15) is 30.1 Å². The summed E-state index contributed by atoms with van der Waals surface area (Å²) in [4.78, 5) is 12.9. The summed E-state index contributed by atoms with van der Waals surface area (Å²) >= 11 is 0. The maximum atomic E-state index is 4.73. The molecule has 1 aliphatic rings. The highest BCUT2D eigenvalue weighted by Gasteiger charge is 2.21. The molecule has 0 saturated carbocycles. The van der Waals surface area contributed by atoms with E-state index >= 15 is 0 Å². The van der Waals surface area contributed by atoms with Gasteiger partial charge in [0.1, 0.15) is 6.33 Å². The number of piperidine rings is 1. The summed E-state index contributed by atoms with van der Waals surface area (Å²) in [6.07, 6.45) is 7.58. The van der Waals surface area contributed by atoms with Gasteiger partial charge in [0, 0.05) is 24.9 Å². The van der Waals surface area contributed by atoms with E-state index in [0.29, 0.717) is 5.92 Å². The molecule has 4 rings (SSSR count). The van der Waals surface area contributed by atoms with Crippen molar-refractivity contribution in [2.45, 2.75) is 25.7 Å². The summed E-state index contributed by atoms with van der Waals surface area (Å²) in [5, 5.41) is 8.20. The minimum atomic E-state index is 0. The summed E-state index contributed by atoms with van der Waals surface area (Å²) in [6, 6.07) is 3.99. The zero-order chi connectivity index (χ0) is 14.9. The van der Waals surface area contributed by atoms with Gasteiger partial charge < -0.3 is 5.32 Å². The van der Waals surface area contributed by atoms with Crippen molar-refractivity contribution in [3.8, 4) is 11.3 Å². The second-order valence-electron chi connectivity index (χ2n) is 5.70. The van der Waals surface area contributed by atoms with Crippen LogP contribution in [0, 0.1) is 6.92 Å². The molecule has 1 aliphatic heterocycles. The number of halogens is 1. The molecule has 4 heterocycles. The van der Waals surface area contributed by atoms with Gasteiger partial charge in [0.2, 0.25) is 0 Å². The normalized spacial score (nSPS) is 17.9. The van der Waals surface area contributed by atoms with Crippen LogP contribution in [0.15, 0.2) is 30.9 Å². The monoisotopic (exact) mass is 330 g/mol. The maximum absolute atomic E-state index is 4.73. The topological polar surface area (TPSA) is 68.0 Å². The third-order valence-corrected chi connectivity index (χ3v) is 4.28. The predicted octanol–water partition coefficient (Wildman–Crippen LogP) is 2.38. The van der Waals surface area contributed by atoms with Crippen LogP contribution in [0.4, 0.5) is 0 Å². The molecular formula is C16H19ClN6. The fraction of sp³-hybridized carbons (Fsp3) is 0.375. The highest BCUT2D eigenvalue weighted by Crippen LogP contribution is 2.29. The second kappa shape index (κ2) is 6.60. The Balaban J connectivity index is 0.00000156. The number of fused-ring (bicyclic) bond motifs is 1. The third kappa shape index (κ3) is 2.80. The first kappa shape index (κ1) is 15.8. The molecule has 3 aromatic rings. The van der Waals surface area contributed by atoms with Crippen molar-refractivity contribution >= 4 is 18.1 Å². The molecule has 0 spiro atoms. The summed E-state index contributed by atoms with van der Waals surface area (Å²) < 4.78 is 1.99. The number of aromatic nitrogens is 5. The first-order chi connectivity index (χ1) is 10.8. The lowest BCUT2D eigenvalue weighted by molar-refractivity contribution is 0.448. The summed E-state index contributed by atoms with van der Waals surface area (Å²) in [5.74, 6) is 0.483. The largest absolute Gasteiger partial charge is 0.316 e. The lowest BCUT2D eigenvalue weighted by Crippen LogP contribution is -2.29. The summed E-state index contributed by atoms with van der Waals surface area (Å²) in [7, 11) is 0. The van der Waals surface area contributed by atoms with Crippen LogP contribution in [-0.4, -0.2) is 37.7 Å². The molecule has 0 radical (unpaired) electrons. The van der Waals surface area contributed by atoms with Crippen molar-refractivity contribution in [3.05, 3.63) is 42.2 Å².